The molecule has 9 atom stereocenters. The molecule has 0 aliphatic rings. The van der Waals surface area contributed by atoms with E-state index in [2.05, 4.69) is 55.4 Å². The van der Waals surface area contributed by atoms with Crippen molar-refractivity contribution in [3.05, 3.63) is 0 Å². The molecule has 0 aliphatic heterocycles. The topological polar surface area (TPSA) is 237 Å². The fraction of sp³-hybridized carbons (Fsp3) is 0.947. The molecule has 0 saturated heterocycles. The van der Waals surface area contributed by atoms with Gasteiger partial charge in [0.2, 0.25) is 0 Å². The second kappa shape index (κ2) is 64.4. The summed E-state index contributed by atoms with van der Waals surface area (Å²) in [5.41, 5.74) is 0. The summed E-state index contributed by atoms with van der Waals surface area (Å²) < 4.78 is 68.4. The van der Waals surface area contributed by atoms with Gasteiger partial charge in [0.05, 0.1) is 26.4 Å². The number of rotatable bonds is 72. The van der Waals surface area contributed by atoms with Crippen LogP contribution in [0.3, 0.4) is 0 Å². The molecule has 6 unspecified atom stereocenters. The standard InChI is InChI=1S/C75H146O17P2/c1-9-65(5)51-43-35-27-23-21-19-17-15-13-14-16-18-20-22-24-29-39-47-55-72(77)85-61-70(91-74(79)57-49-41-30-26-25-28-36-44-52-66(6)10-2)63-89-93(81,82)87-59-69(76)60-88-94(83,84)90-64-71(92-75(80)58-50-42-34-32-38-46-54-68(8)12-4)62-86-73(78)56-48-40-33-31-37-45-53-67(7)11-3/h65-71,76H,9-64H2,1-8H3,(H,81,82)(H,83,84)/t65?,66?,67?,68?,69-,70-,71-/m1/s1. The Balaban J connectivity index is 5.15. The van der Waals surface area contributed by atoms with Gasteiger partial charge in [0.1, 0.15) is 19.3 Å². The lowest BCUT2D eigenvalue weighted by Crippen LogP contribution is -2.30. The highest BCUT2D eigenvalue weighted by molar-refractivity contribution is 7.47. The monoisotopic (exact) mass is 1380 g/mol. The van der Waals surface area contributed by atoms with Crippen LogP contribution in [0.25, 0.3) is 0 Å². The highest BCUT2D eigenvalue weighted by Gasteiger charge is 2.30. The number of aliphatic hydroxyl groups excluding tert-OH is 1. The molecule has 0 saturated carbocycles. The average molecular weight is 1380 g/mol. The van der Waals surface area contributed by atoms with Crippen molar-refractivity contribution in [2.24, 2.45) is 23.7 Å². The van der Waals surface area contributed by atoms with Crippen LogP contribution in [-0.4, -0.2) is 96.7 Å². The Kier molecular flexibility index (Phi) is 63.1. The van der Waals surface area contributed by atoms with Crippen LogP contribution in [0.2, 0.25) is 0 Å². The molecule has 3 N–H and O–H groups in total. The Morgan fingerprint density at radius 3 is 0.702 bits per heavy atom. The van der Waals surface area contributed by atoms with Crippen molar-refractivity contribution in [1.82, 2.24) is 0 Å². The van der Waals surface area contributed by atoms with E-state index in [9.17, 15) is 43.2 Å². The van der Waals surface area contributed by atoms with Crippen molar-refractivity contribution in [1.29, 1.82) is 0 Å². The quantitative estimate of drug-likeness (QED) is 0.0222. The molecule has 19 heteroatoms. The number of hydrogen-bond acceptors (Lipinski definition) is 15. The van der Waals surface area contributed by atoms with Crippen LogP contribution >= 0.6 is 15.6 Å². The Hall–Kier alpha value is -1.94. The van der Waals surface area contributed by atoms with Crippen molar-refractivity contribution >= 4 is 39.5 Å². The van der Waals surface area contributed by atoms with Crippen molar-refractivity contribution in [3.63, 3.8) is 0 Å². The van der Waals surface area contributed by atoms with E-state index in [1.165, 1.54) is 173 Å². The molecular weight excluding hydrogens is 1230 g/mol. The molecule has 0 aromatic rings. The largest absolute Gasteiger partial charge is 0.472 e. The molecule has 0 fully saturated rings. The van der Waals surface area contributed by atoms with Gasteiger partial charge in [0, 0.05) is 25.7 Å². The molecule has 0 rings (SSSR count). The maximum atomic E-state index is 13.1. The van der Waals surface area contributed by atoms with Crippen LogP contribution in [0.5, 0.6) is 0 Å². The van der Waals surface area contributed by atoms with E-state index in [-0.39, 0.29) is 25.7 Å². The van der Waals surface area contributed by atoms with Crippen molar-refractivity contribution in [2.45, 2.75) is 395 Å². The zero-order valence-corrected chi connectivity index (χ0v) is 63.4. The first-order valence-electron chi connectivity index (χ1n) is 38.9. The van der Waals surface area contributed by atoms with Crippen molar-refractivity contribution < 1.29 is 80.2 Å². The predicted octanol–water partition coefficient (Wildman–Crippen LogP) is 21.7. The molecule has 94 heavy (non-hydrogen) atoms. The number of carbonyl (C=O) groups excluding carboxylic acids is 4. The van der Waals surface area contributed by atoms with Crippen molar-refractivity contribution in [3.8, 4) is 0 Å². The minimum absolute atomic E-state index is 0.102. The van der Waals surface area contributed by atoms with Crippen LogP contribution in [0.1, 0.15) is 376 Å². The molecule has 0 aromatic carbocycles. The van der Waals surface area contributed by atoms with E-state index < -0.39 is 97.5 Å². The number of phosphoric acid groups is 2. The zero-order valence-electron chi connectivity index (χ0n) is 61.6. The number of carbonyl (C=O) groups is 4. The molecule has 17 nitrogen and oxygen atoms in total. The minimum Gasteiger partial charge on any atom is -0.462 e. The number of hydrogen-bond donors (Lipinski definition) is 3. The van der Waals surface area contributed by atoms with Crippen LogP contribution < -0.4 is 0 Å². The van der Waals surface area contributed by atoms with E-state index in [0.717, 1.165) is 120 Å². The number of aliphatic hydroxyl groups is 1. The summed E-state index contributed by atoms with van der Waals surface area (Å²) in [5.74, 6) is 0.965. The smallest absolute Gasteiger partial charge is 0.462 e. The van der Waals surface area contributed by atoms with E-state index in [4.69, 9.17) is 37.0 Å². The number of esters is 4. The lowest BCUT2D eigenvalue weighted by atomic mass is 9.99. The molecule has 0 radical (unpaired) electrons. The first-order valence-corrected chi connectivity index (χ1v) is 41.8. The third kappa shape index (κ3) is 63.5. The normalized spacial score (nSPS) is 15.3. The highest BCUT2D eigenvalue weighted by Crippen LogP contribution is 2.45. The lowest BCUT2D eigenvalue weighted by molar-refractivity contribution is -0.161. The highest BCUT2D eigenvalue weighted by atomic mass is 31.2. The number of phosphoric ester groups is 2. The third-order valence-corrected chi connectivity index (χ3v) is 20.7. The SMILES string of the molecule is CCC(C)CCCCCCCCCCCCCCCCCCCCC(=O)OC[C@H](COP(=O)(O)OC[C@@H](O)COP(=O)(O)OC[C@@H](COC(=O)CCCCCCCCC(C)CC)OC(=O)CCCCCCCCC(C)CC)OC(=O)CCCCCCCCCCC(C)CC. The van der Waals surface area contributed by atoms with Crippen LogP contribution in [0, 0.1) is 23.7 Å². The van der Waals surface area contributed by atoms with Gasteiger partial charge in [-0.1, -0.05) is 325 Å². The van der Waals surface area contributed by atoms with Gasteiger partial charge in [0.25, 0.3) is 0 Å². The summed E-state index contributed by atoms with van der Waals surface area (Å²) in [6.45, 7) is 14.2. The van der Waals surface area contributed by atoms with E-state index in [1.807, 2.05) is 0 Å². The summed E-state index contributed by atoms with van der Waals surface area (Å²) in [7, 11) is -9.91. The van der Waals surface area contributed by atoms with Crippen LogP contribution in [-0.2, 0) is 65.4 Å². The first kappa shape index (κ1) is 92.1. The summed E-state index contributed by atoms with van der Waals surface area (Å²) in [6.07, 6.45) is 48.8. The van der Waals surface area contributed by atoms with Gasteiger partial charge >= 0.3 is 39.5 Å². The molecule has 558 valence electrons. The molecule has 0 heterocycles. The maximum absolute atomic E-state index is 13.1. The van der Waals surface area contributed by atoms with Gasteiger partial charge in [0.15, 0.2) is 12.2 Å². The maximum Gasteiger partial charge on any atom is 0.472 e. The van der Waals surface area contributed by atoms with Gasteiger partial charge in [-0.15, -0.1) is 0 Å². The van der Waals surface area contributed by atoms with Gasteiger partial charge in [-0.05, 0) is 49.4 Å². The van der Waals surface area contributed by atoms with Gasteiger partial charge in [-0.25, -0.2) is 9.13 Å². The van der Waals surface area contributed by atoms with E-state index in [0.29, 0.717) is 25.7 Å². The van der Waals surface area contributed by atoms with Gasteiger partial charge in [-0.2, -0.15) is 0 Å². The first-order chi connectivity index (χ1) is 45.2. The summed E-state index contributed by atoms with van der Waals surface area (Å²) in [6, 6.07) is 0. The Bertz CT molecular complexity index is 1860. The molecular formula is C75H146O17P2. The van der Waals surface area contributed by atoms with E-state index in [1.54, 1.807) is 0 Å². The summed E-state index contributed by atoms with van der Waals surface area (Å²) >= 11 is 0. The van der Waals surface area contributed by atoms with Crippen LogP contribution in [0.15, 0.2) is 0 Å². The van der Waals surface area contributed by atoms with E-state index >= 15 is 0 Å². The lowest BCUT2D eigenvalue weighted by Gasteiger charge is -2.21. The molecule has 0 aliphatic carbocycles. The zero-order chi connectivity index (χ0) is 69.6. The molecule has 0 amide bonds. The van der Waals surface area contributed by atoms with Gasteiger partial charge < -0.3 is 33.8 Å². The Morgan fingerprint density at radius 1 is 0.287 bits per heavy atom. The second-order valence-corrected chi connectivity index (χ2v) is 30.9. The number of ether oxygens (including phenoxy) is 4. The molecule has 0 spiro atoms. The molecule has 0 bridgehead atoms. The predicted molar refractivity (Wildman–Crippen MR) is 381 cm³/mol. The third-order valence-electron chi connectivity index (χ3n) is 18.8. The van der Waals surface area contributed by atoms with Crippen molar-refractivity contribution in [2.75, 3.05) is 39.6 Å². The number of unbranched alkanes of at least 4 members (excludes halogenated alkanes) is 34. The Morgan fingerprint density at radius 2 is 0.479 bits per heavy atom. The minimum atomic E-state index is -4.96. The second-order valence-electron chi connectivity index (χ2n) is 28.0. The fourth-order valence-corrected chi connectivity index (χ4v) is 12.8. The fourth-order valence-electron chi connectivity index (χ4n) is 11.2. The average Bonchev–Trinajstić information content (AvgIpc) is 2.19. The summed E-state index contributed by atoms with van der Waals surface area (Å²) in [5, 5.41) is 10.6. The summed E-state index contributed by atoms with van der Waals surface area (Å²) in [4.78, 5) is 72.7. The molecule has 0 aromatic heterocycles. The van der Waals surface area contributed by atoms with Gasteiger partial charge in [-0.3, -0.25) is 37.3 Å². The van der Waals surface area contributed by atoms with Crippen LogP contribution in [0.4, 0.5) is 0 Å². The Labute approximate surface area is 575 Å².